The molecule has 0 spiro atoms. The second-order valence-electron chi connectivity index (χ2n) is 7.45. The average Bonchev–Trinajstić information content (AvgIpc) is 3.17. The number of nitrogens with one attached hydrogen (secondary N) is 2. The first-order valence-electron chi connectivity index (χ1n) is 9.61. The molecule has 0 aliphatic carbocycles. The molecule has 29 heavy (non-hydrogen) atoms. The molecule has 148 valence electrons. The molecule has 0 bridgehead atoms. The third kappa shape index (κ3) is 3.51. The van der Waals surface area contributed by atoms with Crippen LogP contribution in [0.3, 0.4) is 0 Å². The lowest BCUT2D eigenvalue weighted by Gasteiger charge is -2.27. The number of imidazole rings is 1. The van der Waals surface area contributed by atoms with E-state index in [9.17, 15) is 4.79 Å². The van der Waals surface area contributed by atoms with Gasteiger partial charge in [0.2, 0.25) is 11.9 Å². The Kier molecular flexibility index (Phi) is 4.88. The summed E-state index contributed by atoms with van der Waals surface area (Å²) in [7, 11) is 2.00. The molecule has 0 saturated heterocycles. The monoisotopic (exact) mass is 388 g/mol. The Bertz CT molecular complexity index is 1070. The smallest absolute Gasteiger partial charge is 0.245 e. The van der Waals surface area contributed by atoms with E-state index in [1.807, 2.05) is 55.6 Å². The zero-order valence-corrected chi connectivity index (χ0v) is 16.8. The highest BCUT2D eigenvalue weighted by Crippen LogP contribution is 2.26. The Labute approximate surface area is 169 Å². The highest BCUT2D eigenvalue weighted by Gasteiger charge is 2.38. The number of nitrogens with zero attached hydrogens (tertiary/aromatic N) is 4. The molecular weight excluding hydrogens is 364 g/mol. The number of rotatable bonds is 5. The Morgan fingerprint density at radius 1 is 1.14 bits per heavy atom. The number of amides is 1. The quantitative estimate of drug-likeness (QED) is 0.702. The van der Waals surface area contributed by atoms with Gasteiger partial charge in [0.15, 0.2) is 0 Å². The van der Waals surface area contributed by atoms with Crippen LogP contribution in [0.15, 0.2) is 58.5 Å². The molecule has 3 aromatic rings. The first kappa shape index (κ1) is 18.9. The molecule has 1 aliphatic rings. The highest BCUT2D eigenvalue weighted by molar-refractivity contribution is 6.23. The lowest BCUT2D eigenvalue weighted by Crippen LogP contribution is -2.44. The molecule has 2 N–H and O–H groups in total. The first-order chi connectivity index (χ1) is 14.0. The Hall–Kier alpha value is -3.48. The fraction of sp³-hybridized carbons (Fsp3) is 0.273. The zero-order chi connectivity index (χ0) is 20.4. The number of benzene rings is 2. The largest absolute Gasteiger partial charge is 0.343 e. The van der Waals surface area contributed by atoms with Gasteiger partial charge in [-0.15, -0.1) is 0 Å². The predicted molar refractivity (Wildman–Crippen MR) is 118 cm³/mol. The topological polar surface area (TPSA) is 85.7 Å². The third-order valence-electron chi connectivity index (χ3n) is 5.22. The molecular formula is C22H24N6O. The molecule has 1 aliphatic heterocycles. The average molecular weight is 388 g/mol. The summed E-state index contributed by atoms with van der Waals surface area (Å²) in [6, 6.07) is 15.5. The van der Waals surface area contributed by atoms with Crippen molar-refractivity contribution in [1.29, 1.82) is 0 Å². The van der Waals surface area contributed by atoms with Crippen LogP contribution < -0.4 is 10.2 Å². The zero-order valence-electron chi connectivity index (χ0n) is 16.8. The third-order valence-corrected chi connectivity index (χ3v) is 5.22. The Morgan fingerprint density at radius 3 is 2.55 bits per heavy atom. The van der Waals surface area contributed by atoms with Gasteiger partial charge in [-0.25, -0.2) is 4.98 Å². The van der Waals surface area contributed by atoms with Gasteiger partial charge in [-0.05, 0) is 37.6 Å². The molecule has 2 heterocycles. The van der Waals surface area contributed by atoms with Gasteiger partial charge in [-0.3, -0.25) is 14.8 Å². The molecule has 7 nitrogen and oxygen atoms in total. The normalized spacial score (nSPS) is 15.0. The van der Waals surface area contributed by atoms with Crippen molar-refractivity contribution in [2.75, 3.05) is 23.9 Å². The van der Waals surface area contributed by atoms with Gasteiger partial charge in [-0.1, -0.05) is 30.3 Å². The second-order valence-corrected chi connectivity index (χ2v) is 7.45. The van der Waals surface area contributed by atoms with Crippen LogP contribution >= 0.6 is 0 Å². The summed E-state index contributed by atoms with van der Waals surface area (Å²) in [5.74, 6) is 0.597. The van der Waals surface area contributed by atoms with Crippen molar-refractivity contribution >= 4 is 41.0 Å². The van der Waals surface area contributed by atoms with Crippen LogP contribution in [0.1, 0.15) is 19.4 Å². The predicted octanol–water partition coefficient (Wildman–Crippen LogP) is 3.40. The number of carbonyl (C=O) groups is 1. The van der Waals surface area contributed by atoms with E-state index >= 15 is 0 Å². The van der Waals surface area contributed by atoms with Crippen molar-refractivity contribution in [3.05, 3.63) is 54.1 Å². The Balaban J connectivity index is 1.64. The fourth-order valence-corrected chi connectivity index (χ4v) is 3.28. The van der Waals surface area contributed by atoms with Gasteiger partial charge in [-0.2, -0.15) is 0 Å². The summed E-state index contributed by atoms with van der Waals surface area (Å²) in [6.45, 7) is 4.55. The van der Waals surface area contributed by atoms with Gasteiger partial charge >= 0.3 is 0 Å². The number of hydrogen-bond acceptors (Lipinski definition) is 5. The fourth-order valence-electron chi connectivity index (χ4n) is 3.28. The molecule has 1 amide bonds. The molecule has 4 rings (SSSR count). The molecule has 7 heteroatoms. The van der Waals surface area contributed by atoms with Crippen molar-refractivity contribution < 1.29 is 4.79 Å². The van der Waals surface area contributed by atoms with Crippen LogP contribution in [0.5, 0.6) is 0 Å². The van der Waals surface area contributed by atoms with E-state index in [1.165, 1.54) is 0 Å². The van der Waals surface area contributed by atoms with Crippen LogP contribution in [0, 0.1) is 0 Å². The standard InChI is InChI=1S/C22H24N6O/c1-15(2)28(3)21-26-18-10-9-17(11-19(18)27-21)25-20(29)22(12-23-14-24-13-22)16-7-5-4-6-8-16/h4-13,15H,14H2,1-3H3,(H,25,29)(H,26,27). The number of aromatic nitrogens is 2. The summed E-state index contributed by atoms with van der Waals surface area (Å²) < 4.78 is 0. The lowest BCUT2D eigenvalue weighted by molar-refractivity contribution is -0.117. The number of hydrogen-bond donors (Lipinski definition) is 2. The van der Waals surface area contributed by atoms with Crippen molar-refractivity contribution in [3.63, 3.8) is 0 Å². The second kappa shape index (κ2) is 7.50. The number of H-pyrrole nitrogens is 1. The first-order valence-corrected chi connectivity index (χ1v) is 9.61. The van der Waals surface area contributed by atoms with Crippen LogP contribution in [0.4, 0.5) is 11.6 Å². The van der Waals surface area contributed by atoms with Crippen molar-refractivity contribution in [3.8, 4) is 0 Å². The molecule has 0 atom stereocenters. The van der Waals surface area contributed by atoms with E-state index < -0.39 is 5.41 Å². The van der Waals surface area contributed by atoms with E-state index in [0.717, 1.165) is 22.5 Å². The summed E-state index contributed by atoms with van der Waals surface area (Å²) in [5.41, 5.74) is 2.21. The molecule has 2 aromatic carbocycles. The SMILES string of the molecule is CC(C)N(C)c1nc2ccc(NC(=O)C3(c4ccccc4)C=NCN=C3)cc2[nH]1. The van der Waals surface area contributed by atoms with E-state index in [-0.39, 0.29) is 5.91 Å². The van der Waals surface area contributed by atoms with Crippen LogP contribution in [-0.4, -0.2) is 48.1 Å². The molecule has 0 radical (unpaired) electrons. The van der Waals surface area contributed by atoms with E-state index in [0.29, 0.717) is 18.4 Å². The van der Waals surface area contributed by atoms with Crippen molar-refractivity contribution in [2.45, 2.75) is 25.3 Å². The minimum atomic E-state index is -1.02. The van der Waals surface area contributed by atoms with Crippen molar-refractivity contribution in [1.82, 2.24) is 9.97 Å². The van der Waals surface area contributed by atoms with E-state index in [4.69, 9.17) is 0 Å². The molecule has 1 aromatic heterocycles. The van der Waals surface area contributed by atoms with Gasteiger partial charge in [0, 0.05) is 31.2 Å². The molecule has 0 saturated carbocycles. The Morgan fingerprint density at radius 2 is 1.86 bits per heavy atom. The van der Waals surface area contributed by atoms with Crippen LogP contribution in [-0.2, 0) is 10.2 Å². The van der Waals surface area contributed by atoms with Gasteiger partial charge in [0.05, 0.1) is 11.0 Å². The maximum atomic E-state index is 13.3. The minimum Gasteiger partial charge on any atom is -0.343 e. The number of aliphatic imine (C=N–C) groups is 2. The lowest BCUT2D eigenvalue weighted by atomic mass is 9.81. The van der Waals surface area contributed by atoms with Crippen LogP contribution in [0.2, 0.25) is 0 Å². The number of aromatic amines is 1. The number of carbonyl (C=O) groups excluding carboxylic acids is 1. The summed E-state index contributed by atoms with van der Waals surface area (Å²) >= 11 is 0. The van der Waals surface area contributed by atoms with Gasteiger partial charge < -0.3 is 15.2 Å². The summed E-state index contributed by atoms with van der Waals surface area (Å²) in [5, 5.41) is 3.02. The highest BCUT2D eigenvalue weighted by atomic mass is 16.2. The maximum absolute atomic E-state index is 13.3. The maximum Gasteiger partial charge on any atom is 0.245 e. The van der Waals surface area contributed by atoms with Gasteiger partial charge in [0.25, 0.3) is 0 Å². The van der Waals surface area contributed by atoms with Crippen molar-refractivity contribution in [2.24, 2.45) is 9.98 Å². The molecule has 0 fully saturated rings. The minimum absolute atomic E-state index is 0.200. The van der Waals surface area contributed by atoms with E-state index in [1.54, 1.807) is 12.4 Å². The van der Waals surface area contributed by atoms with E-state index in [2.05, 4.69) is 44.0 Å². The molecule has 0 unspecified atom stereocenters. The summed E-state index contributed by atoms with van der Waals surface area (Å²) in [6.07, 6.45) is 3.35. The van der Waals surface area contributed by atoms with Crippen LogP contribution in [0.25, 0.3) is 11.0 Å². The van der Waals surface area contributed by atoms with Gasteiger partial charge in [0.1, 0.15) is 12.1 Å². The number of fused-ring (bicyclic) bond motifs is 1. The summed E-state index contributed by atoms with van der Waals surface area (Å²) in [4.78, 5) is 31.8. The number of anilines is 2.